The number of carbonyl (C=O) groups is 2. The maximum Gasteiger partial charge on any atom is 0.303 e. The summed E-state index contributed by atoms with van der Waals surface area (Å²) in [5, 5.41) is 12.6. The molecule has 23 heavy (non-hydrogen) atoms. The monoisotopic (exact) mass is 340 g/mol. The summed E-state index contributed by atoms with van der Waals surface area (Å²) in [6.07, 6.45) is 1.23. The number of aryl methyl sites for hydroxylation is 2. The van der Waals surface area contributed by atoms with Gasteiger partial charge in [0, 0.05) is 11.3 Å². The molecule has 128 valence electrons. The van der Waals surface area contributed by atoms with Crippen LogP contribution in [0.5, 0.6) is 0 Å². The highest BCUT2D eigenvalue weighted by atomic mass is 32.1. The quantitative estimate of drug-likeness (QED) is 0.831. The Morgan fingerprint density at radius 2 is 2.09 bits per heavy atom. The number of rotatable bonds is 6. The zero-order valence-electron chi connectivity index (χ0n) is 14.0. The van der Waals surface area contributed by atoms with Gasteiger partial charge in [0.1, 0.15) is 11.1 Å². The summed E-state index contributed by atoms with van der Waals surface area (Å²) in [4.78, 5) is 28.7. The lowest BCUT2D eigenvalue weighted by Gasteiger charge is -2.25. The Labute approximate surface area is 140 Å². The number of carbonyl (C=O) groups excluding carboxylic acids is 1. The van der Waals surface area contributed by atoms with Crippen LogP contribution >= 0.6 is 11.3 Å². The molecule has 1 aliphatic heterocycles. The number of hydrogen-bond acceptors (Lipinski definition) is 5. The number of aromatic nitrogens is 1. The van der Waals surface area contributed by atoms with Gasteiger partial charge in [-0.25, -0.2) is 4.98 Å². The molecule has 1 fully saturated rings. The molecule has 0 aromatic carbocycles. The predicted molar refractivity (Wildman–Crippen MR) is 87.5 cm³/mol. The van der Waals surface area contributed by atoms with E-state index >= 15 is 0 Å². The number of carboxylic acid groups (broad SMARTS) is 1. The lowest BCUT2D eigenvalue weighted by atomic mass is 10.1. The van der Waals surface area contributed by atoms with Crippen molar-refractivity contribution in [2.24, 2.45) is 0 Å². The molecule has 1 saturated heterocycles. The Morgan fingerprint density at radius 1 is 1.39 bits per heavy atom. The van der Waals surface area contributed by atoms with Gasteiger partial charge in [0.25, 0.3) is 0 Å². The molecule has 2 rings (SSSR count). The first-order chi connectivity index (χ1) is 10.7. The summed E-state index contributed by atoms with van der Waals surface area (Å²) in [6, 6.07) is 0. The zero-order chi connectivity index (χ0) is 17.2. The van der Waals surface area contributed by atoms with Gasteiger partial charge in [0.05, 0.1) is 17.3 Å². The Kier molecular flexibility index (Phi) is 5.41. The molecule has 1 amide bonds. The lowest BCUT2D eigenvalue weighted by Crippen LogP contribution is -2.46. The molecule has 1 aromatic heterocycles. The van der Waals surface area contributed by atoms with Gasteiger partial charge in [-0.05, 0) is 47.0 Å². The molecule has 0 aliphatic carbocycles. The van der Waals surface area contributed by atoms with E-state index in [1.54, 1.807) is 11.3 Å². The number of ether oxygens (including phenoxy) is 1. The largest absolute Gasteiger partial charge is 0.481 e. The average Bonchev–Trinajstić information content (AvgIpc) is 3.04. The molecular formula is C16H24N2O4S. The molecule has 6 nitrogen and oxygen atoms in total. The highest BCUT2D eigenvalue weighted by Crippen LogP contribution is 2.29. The number of thiazole rings is 1. The van der Waals surface area contributed by atoms with Crippen LogP contribution in [-0.4, -0.2) is 34.2 Å². The zero-order valence-corrected chi connectivity index (χ0v) is 14.8. The third-order valence-corrected chi connectivity index (χ3v) is 5.48. The van der Waals surface area contributed by atoms with Crippen molar-refractivity contribution in [3.63, 3.8) is 0 Å². The minimum Gasteiger partial charge on any atom is -0.481 e. The van der Waals surface area contributed by atoms with Crippen molar-refractivity contribution in [3.05, 3.63) is 15.6 Å². The summed E-state index contributed by atoms with van der Waals surface area (Å²) in [5.41, 5.74) is 0.432. The van der Waals surface area contributed by atoms with Gasteiger partial charge in [-0.3, -0.25) is 9.59 Å². The van der Waals surface area contributed by atoms with E-state index in [1.807, 2.05) is 27.7 Å². The molecular weight excluding hydrogens is 316 g/mol. The SMILES string of the molecule is Cc1nc(C(C)(C)NC(=O)[C@@H]2CC[C@H](CCC(=O)O)O2)sc1C. The smallest absolute Gasteiger partial charge is 0.303 e. The lowest BCUT2D eigenvalue weighted by molar-refractivity contribution is -0.138. The molecule has 2 heterocycles. The van der Waals surface area contributed by atoms with Crippen LogP contribution in [0.15, 0.2) is 0 Å². The summed E-state index contributed by atoms with van der Waals surface area (Å²) >= 11 is 1.59. The van der Waals surface area contributed by atoms with Crippen LogP contribution in [0.3, 0.4) is 0 Å². The molecule has 0 saturated carbocycles. The Morgan fingerprint density at radius 3 is 2.65 bits per heavy atom. The standard InChI is InChI=1S/C16H24N2O4S/c1-9-10(2)23-15(17-9)16(3,4)18-14(21)12-7-5-11(22-12)6-8-13(19)20/h11-12H,5-8H2,1-4H3,(H,18,21)(H,19,20)/t11-,12+/m1/s1. The van der Waals surface area contributed by atoms with E-state index < -0.39 is 17.6 Å². The van der Waals surface area contributed by atoms with Gasteiger partial charge >= 0.3 is 5.97 Å². The maximum atomic E-state index is 12.4. The van der Waals surface area contributed by atoms with Gasteiger partial charge in [-0.2, -0.15) is 0 Å². The maximum absolute atomic E-state index is 12.4. The molecule has 1 aliphatic rings. The summed E-state index contributed by atoms with van der Waals surface area (Å²) < 4.78 is 5.69. The Bertz CT molecular complexity index is 577. The van der Waals surface area contributed by atoms with Crippen LogP contribution in [0.4, 0.5) is 0 Å². The number of aliphatic carboxylic acids is 1. The van der Waals surface area contributed by atoms with Gasteiger partial charge in [-0.1, -0.05) is 0 Å². The second-order valence-corrected chi connectivity index (χ2v) is 7.73. The van der Waals surface area contributed by atoms with Crippen LogP contribution in [-0.2, 0) is 19.9 Å². The fourth-order valence-corrected chi connectivity index (χ4v) is 3.55. The van der Waals surface area contributed by atoms with Crippen molar-refractivity contribution >= 4 is 23.2 Å². The van der Waals surface area contributed by atoms with E-state index in [0.29, 0.717) is 12.8 Å². The van der Waals surface area contributed by atoms with Gasteiger partial charge in [0.2, 0.25) is 5.91 Å². The van der Waals surface area contributed by atoms with Crippen molar-refractivity contribution in [1.29, 1.82) is 0 Å². The highest BCUT2D eigenvalue weighted by Gasteiger charge is 2.35. The third kappa shape index (κ3) is 4.51. The number of carboxylic acids is 1. The molecule has 2 N–H and O–H groups in total. The minimum absolute atomic E-state index is 0.0716. The molecule has 1 aromatic rings. The third-order valence-electron chi connectivity index (χ3n) is 4.08. The van der Waals surface area contributed by atoms with Gasteiger partial charge < -0.3 is 15.2 Å². The molecule has 0 unspecified atom stereocenters. The van der Waals surface area contributed by atoms with E-state index in [4.69, 9.17) is 9.84 Å². The van der Waals surface area contributed by atoms with Crippen molar-refractivity contribution in [3.8, 4) is 0 Å². The Balaban J connectivity index is 1.92. The molecule has 0 radical (unpaired) electrons. The van der Waals surface area contributed by atoms with Crippen molar-refractivity contribution in [1.82, 2.24) is 10.3 Å². The average molecular weight is 340 g/mol. The number of amides is 1. The molecule has 7 heteroatoms. The van der Waals surface area contributed by atoms with E-state index in [9.17, 15) is 9.59 Å². The second-order valence-electron chi connectivity index (χ2n) is 6.53. The predicted octanol–water partition coefficient (Wildman–Crippen LogP) is 2.52. The molecule has 0 bridgehead atoms. The van der Waals surface area contributed by atoms with Crippen molar-refractivity contribution < 1.29 is 19.4 Å². The number of hydrogen-bond donors (Lipinski definition) is 2. The van der Waals surface area contributed by atoms with Crippen molar-refractivity contribution in [2.75, 3.05) is 0 Å². The number of nitrogens with one attached hydrogen (secondary N) is 1. The van der Waals surface area contributed by atoms with Crippen LogP contribution in [0.2, 0.25) is 0 Å². The van der Waals surface area contributed by atoms with Gasteiger partial charge in [-0.15, -0.1) is 11.3 Å². The number of nitrogens with zero attached hydrogens (tertiary/aromatic N) is 1. The fourth-order valence-electron chi connectivity index (χ4n) is 2.58. The topological polar surface area (TPSA) is 88.5 Å². The van der Waals surface area contributed by atoms with Crippen LogP contribution < -0.4 is 5.32 Å². The summed E-state index contributed by atoms with van der Waals surface area (Å²) in [6.45, 7) is 7.83. The first-order valence-corrected chi connectivity index (χ1v) is 8.64. The van der Waals surface area contributed by atoms with Crippen molar-refractivity contribution in [2.45, 2.75) is 71.1 Å². The summed E-state index contributed by atoms with van der Waals surface area (Å²) in [7, 11) is 0. The van der Waals surface area contributed by atoms with E-state index in [1.165, 1.54) is 0 Å². The van der Waals surface area contributed by atoms with E-state index in [0.717, 1.165) is 22.0 Å². The fraction of sp³-hybridized carbons (Fsp3) is 0.688. The highest BCUT2D eigenvalue weighted by molar-refractivity contribution is 7.11. The molecule has 2 atom stereocenters. The second kappa shape index (κ2) is 6.97. The van der Waals surface area contributed by atoms with Crippen LogP contribution in [0.1, 0.15) is 55.1 Å². The normalized spacial score (nSPS) is 21.4. The minimum atomic E-state index is -0.836. The van der Waals surface area contributed by atoms with Crippen LogP contribution in [0.25, 0.3) is 0 Å². The van der Waals surface area contributed by atoms with Gasteiger partial charge in [0.15, 0.2) is 0 Å². The Hall–Kier alpha value is -1.47. The van der Waals surface area contributed by atoms with Crippen LogP contribution in [0, 0.1) is 13.8 Å². The van der Waals surface area contributed by atoms with E-state index in [2.05, 4.69) is 10.3 Å². The summed E-state index contributed by atoms with van der Waals surface area (Å²) in [5.74, 6) is -0.990. The first kappa shape index (κ1) is 17.9. The van der Waals surface area contributed by atoms with E-state index in [-0.39, 0.29) is 18.4 Å². The first-order valence-electron chi connectivity index (χ1n) is 7.83. The molecule has 0 spiro atoms.